The van der Waals surface area contributed by atoms with Crippen LogP contribution in [0.4, 0.5) is 0 Å². The summed E-state index contributed by atoms with van der Waals surface area (Å²) in [6.45, 7) is 0.950. The molecule has 4 nitrogen and oxygen atoms in total. The number of aromatic nitrogens is 2. The van der Waals surface area contributed by atoms with Crippen LogP contribution in [-0.4, -0.2) is 29.0 Å². The van der Waals surface area contributed by atoms with Gasteiger partial charge in [-0.1, -0.05) is 5.16 Å². The molecule has 78 valence electrons. The maximum absolute atomic E-state index is 5.10. The highest BCUT2D eigenvalue weighted by Crippen LogP contribution is 2.18. The van der Waals surface area contributed by atoms with Gasteiger partial charge in [0.2, 0.25) is 5.89 Å². The van der Waals surface area contributed by atoms with Gasteiger partial charge in [-0.25, -0.2) is 0 Å². The smallest absolute Gasteiger partial charge is 0.227 e. The highest BCUT2D eigenvalue weighted by molar-refractivity contribution is 7.97. The van der Waals surface area contributed by atoms with Crippen LogP contribution in [0.1, 0.15) is 24.6 Å². The Balaban J connectivity index is 1.71. The summed E-state index contributed by atoms with van der Waals surface area (Å²) < 4.78 is 5.10. The number of nitrogens with zero attached hydrogens (tertiary/aromatic N) is 2. The summed E-state index contributed by atoms with van der Waals surface area (Å²) in [5, 5.41) is 7.30. The van der Waals surface area contributed by atoms with Crippen molar-refractivity contribution in [3.05, 3.63) is 11.7 Å². The Labute approximate surface area is 87.8 Å². The van der Waals surface area contributed by atoms with Gasteiger partial charge < -0.3 is 9.84 Å². The quantitative estimate of drug-likeness (QED) is 0.770. The fourth-order valence-electron chi connectivity index (χ4n) is 1.25. The molecule has 0 unspecified atom stereocenters. The molecule has 5 heteroatoms. The van der Waals surface area contributed by atoms with Gasteiger partial charge in [0, 0.05) is 19.0 Å². The molecule has 1 heterocycles. The van der Waals surface area contributed by atoms with Gasteiger partial charge >= 0.3 is 0 Å². The maximum atomic E-state index is 5.10. The van der Waals surface area contributed by atoms with Crippen molar-refractivity contribution >= 4 is 11.8 Å². The van der Waals surface area contributed by atoms with Crippen molar-refractivity contribution in [1.29, 1.82) is 0 Å². The zero-order chi connectivity index (χ0) is 9.80. The molecule has 0 spiro atoms. The summed E-state index contributed by atoms with van der Waals surface area (Å²) in [5.41, 5.74) is 0. The molecular formula is C9H15N3OS. The van der Waals surface area contributed by atoms with Crippen molar-refractivity contribution in [3.8, 4) is 0 Å². The predicted molar refractivity (Wildman–Crippen MR) is 56.2 cm³/mol. The van der Waals surface area contributed by atoms with Crippen molar-refractivity contribution in [3.63, 3.8) is 0 Å². The molecule has 1 fully saturated rings. The third-order valence-corrected chi connectivity index (χ3v) is 2.68. The molecule has 0 aliphatic heterocycles. The van der Waals surface area contributed by atoms with Crippen molar-refractivity contribution in [2.24, 2.45) is 0 Å². The summed E-state index contributed by atoms with van der Waals surface area (Å²) in [6, 6.07) is 0.753. The van der Waals surface area contributed by atoms with Gasteiger partial charge in [0.25, 0.3) is 0 Å². The Morgan fingerprint density at radius 1 is 1.57 bits per heavy atom. The van der Waals surface area contributed by atoms with E-state index in [0.717, 1.165) is 36.5 Å². The summed E-state index contributed by atoms with van der Waals surface area (Å²) in [6.07, 6.45) is 5.52. The highest BCUT2D eigenvalue weighted by atomic mass is 32.2. The molecule has 2 rings (SSSR count). The van der Waals surface area contributed by atoms with E-state index in [0.29, 0.717) is 0 Å². The van der Waals surface area contributed by atoms with Crippen molar-refractivity contribution in [2.75, 3.05) is 12.8 Å². The summed E-state index contributed by atoms with van der Waals surface area (Å²) in [7, 11) is 0. The number of rotatable bonds is 6. The molecule has 0 bridgehead atoms. The highest BCUT2D eigenvalue weighted by Gasteiger charge is 2.20. The van der Waals surface area contributed by atoms with Crippen molar-refractivity contribution in [2.45, 2.75) is 31.1 Å². The fraction of sp³-hybridized carbons (Fsp3) is 0.778. The minimum atomic E-state index is 0.752. The molecule has 1 aromatic heterocycles. The first-order valence-corrected chi connectivity index (χ1v) is 6.31. The number of nitrogens with one attached hydrogen (secondary N) is 1. The molecule has 14 heavy (non-hydrogen) atoms. The van der Waals surface area contributed by atoms with E-state index in [1.165, 1.54) is 12.8 Å². The Bertz CT molecular complexity index is 285. The van der Waals surface area contributed by atoms with Crippen LogP contribution in [0.15, 0.2) is 4.52 Å². The standard InChI is InChI=1S/C9H15N3OS/c1-14-6-8-11-9(13-12-8)4-5-10-7-2-3-7/h7,10H,2-6H2,1H3. The maximum Gasteiger partial charge on any atom is 0.227 e. The summed E-state index contributed by atoms with van der Waals surface area (Å²) >= 11 is 1.71. The first kappa shape index (κ1) is 9.98. The number of hydrogen-bond donors (Lipinski definition) is 1. The monoisotopic (exact) mass is 213 g/mol. The van der Waals surface area contributed by atoms with Gasteiger partial charge in [-0.15, -0.1) is 0 Å². The average Bonchev–Trinajstić information content (AvgIpc) is 2.88. The molecule has 1 N–H and O–H groups in total. The fourth-order valence-corrected chi connectivity index (χ4v) is 1.63. The normalized spacial score (nSPS) is 16.1. The van der Waals surface area contributed by atoms with Gasteiger partial charge in [0.15, 0.2) is 5.82 Å². The van der Waals surface area contributed by atoms with Crippen LogP contribution in [-0.2, 0) is 12.2 Å². The lowest BCUT2D eigenvalue weighted by atomic mass is 10.4. The molecule has 0 aromatic carbocycles. The second kappa shape index (κ2) is 4.79. The number of thioether (sulfide) groups is 1. The molecule has 0 radical (unpaired) electrons. The van der Waals surface area contributed by atoms with Crippen LogP contribution in [0, 0.1) is 0 Å². The molecule has 1 aliphatic carbocycles. The first-order valence-electron chi connectivity index (χ1n) is 4.92. The van der Waals surface area contributed by atoms with Gasteiger partial charge in [0.05, 0.1) is 5.75 Å². The lowest BCUT2D eigenvalue weighted by molar-refractivity contribution is 0.372. The lowest BCUT2D eigenvalue weighted by Gasteiger charge is -1.96. The Kier molecular flexibility index (Phi) is 3.42. The molecule has 0 amide bonds. The van der Waals surface area contributed by atoms with Gasteiger partial charge in [0.1, 0.15) is 0 Å². The van der Waals surface area contributed by atoms with E-state index in [1.54, 1.807) is 11.8 Å². The minimum absolute atomic E-state index is 0.752. The Morgan fingerprint density at radius 3 is 3.14 bits per heavy atom. The van der Waals surface area contributed by atoms with E-state index in [9.17, 15) is 0 Å². The van der Waals surface area contributed by atoms with Crippen molar-refractivity contribution < 1.29 is 4.52 Å². The largest absolute Gasteiger partial charge is 0.339 e. The van der Waals surface area contributed by atoms with Gasteiger partial charge in [-0.05, 0) is 19.1 Å². The Hall–Kier alpha value is -0.550. The molecular weight excluding hydrogens is 198 g/mol. The van der Waals surface area contributed by atoms with Crippen LogP contribution in [0.5, 0.6) is 0 Å². The van der Waals surface area contributed by atoms with Crippen LogP contribution in [0.3, 0.4) is 0 Å². The van der Waals surface area contributed by atoms with E-state index in [2.05, 4.69) is 15.5 Å². The second-order valence-electron chi connectivity index (χ2n) is 3.52. The predicted octanol–water partition coefficient (Wildman–Crippen LogP) is 1.23. The Morgan fingerprint density at radius 2 is 2.43 bits per heavy atom. The first-order chi connectivity index (χ1) is 6.88. The lowest BCUT2D eigenvalue weighted by Crippen LogP contribution is -2.19. The number of hydrogen-bond acceptors (Lipinski definition) is 5. The zero-order valence-corrected chi connectivity index (χ0v) is 9.14. The molecule has 1 aliphatic rings. The van der Waals surface area contributed by atoms with E-state index >= 15 is 0 Å². The third kappa shape index (κ3) is 2.99. The van der Waals surface area contributed by atoms with E-state index < -0.39 is 0 Å². The SMILES string of the molecule is CSCc1noc(CCNC2CC2)n1. The molecule has 0 saturated heterocycles. The van der Waals surface area contributed by atoms with E-state index in [4.69, 9.17) is 4.52 Å². The minimum Gasteiger partial charge on any atom is -0.339 e. The van der Waals surface area contributed by atoms with Gasteiger partial charge in [-0.2, -0.15) is 16.7 Å². The topological polar surface area (TPSA) is 51.0 Å². The van der Waals surface area contributed by atoms with Crippen LogP contribution in [0.2, 0.25) is 0 Å². The van der Waals surface area contributed by atoms with Crippen LogP contribution >= 0.6 is 11.8 Å². The van der Waals surface area contributed by atoms with Crippen molar-refractivity contribution in [1.82, 2.24) is 15.5 Å². The summed E-state index contributed by atoms with van der Waals surface area (Å²) in [5.74, 6) is 2.39. The zero-order valence-electron chi connectivity index (χ0n) is 8.32. The van der Waals surface area contributed by atoms with E-state index in [-0.39, 0.29) is 0 Å². The second-order valence-corrected chi connectivity index (χ2v) is 4.38. The molecule has 0 atom stereocenters. The van der Waals surface area contributed by atoms with E-state index in [1.807, 2.05) is 6.26 Å². The van der Waals surface area contributed by atoms with Crippen LogP contribution < -0.4 is 5.32 Å². The summed E-state index contributed by atoms with van der Waals surface area (Å²) in [4.78, 5) is 4.28. The third-order valence-electron chi connectivity index (χ3n) is 2.13. The van der Waals surface area contributed by atoms with Gasteiger partial charge in [-0.3, -0.25) is 0 Å². The molecule has 1 aromatic rings. The molecule has 1 saturated carbocycles. The van der Waals surface area contributed by atoms with Crippen LogP contribution in [0.25, 0.3) is 0 Å². The average molecular weight is 213 g/mol.